The third-order valence-electron chi connectivity index (χ3n) is 7.65. The second-order valence-corrected chi connectivity index (χ2v) is 9.96. The van der Waals surface area contributed by atoms with Gasteiger partial charge in [0.25, 0.3) is 5.91 Å². The minimum absolute atomic E-state index is 0.196. The Morgan fingerprint density at radius 1 is 1.05 bits per heavy atom. The number of aliphatic imine (C=N–C) groups is 3. The molecule has 2 fully saturated rings. The van der Waals surface area contributed by atoms with E-state index in [0.29, 0.717) is 43.3 Å². The van der Waals surface area contributed by atoms with Gasteiger partial charge in [-0.1, -0.05) is 20.2 Å². The molecule has 2 aliphatic heterocycles. The molecule has 238 valence electrons. The highest BCUT2D eigenvalue weighted by Crippen LogP contribution is 2.26. The predicted molar refractivity (Wildman–Crippen MR) is 183 cm³/mol. The fourth-order valence-electron chi connectivity index (χ4n) is 5.37. The Labute approximate surface area is 260 Å². The van der Waals surface area contributed by atoms with Crippen molar-refractivity contribution in [3.05, 3.63) is 72.6 Å². The summed E-state index contributed by atoms with van der Waals surface area (Å²) in [6, 6.07) is 4.14. The van der Waals surface area contributed by atoms with Crippen LogP contribution < -0.4 is 0 Å². The van der Waals surface area contributed by atoms with E-state index in [1.165, 1.54) is 6.07 Å². The summed E-state index contributed by atoms with van der Waals surface area (Å²) in [6.45, 7) is 26.6. The van der Waals surface area contributed by atoms with Gasteiger partial charge >= 0.3 is 0 Å². The molecule has 2 atom stereocenters. The topological polar surface area (TPSA) is 63.9 Å². The maximum Gasteiger partial charge on any atom is 0.253 e. The van der Waals surface area contributed by atoms with Crippen molar-refractivity contribution in [2.75, 3.05) is 45.9 Å². The van der Waals surface area contributed by atoms with Crippen LogP contribution in [-0.2, 0) is 0 Å². The van der Waals surface area contributed by atoms with E-state index in [1.54, 1.807) is 17.2 Å². The molecular weight excluding hydrogens is 565 g/mol. The second kappa shape index (κ2) is 20.0. The number of hydrogen-bond donors (Lipinski definition) is 0. The molecule has 0 aromatic heterocycles. The first kappa shape index (κ1) is 38.0. The highest BCUT2D eigenvalue weighted by molar-refractivity contribution is 7.15. The lowest BCUT2D eigenvalue weighted by molar-refractivity contribution is 0.0226. The lowest BCUT2D eigenvalue weighted by Crippen LogP contribution is -2.58. The third kappa shape index (κ3) is 10.6. The zero-order valence-electron chi connectivity index (χ0n) is 27.0. The summed E-state index contributed by atoms with van der Waals surface area (Å²) in [4.78, 5) is 33.2. The zero-order chi connectivity index (χ0) is 32.5. The number of rotatable bonds is 8. The molecule has 2 saturated heterocycles. The van der Waals surface area contributed by atoms with Crippen LogP contribution in [0.4, 0.5) is 8.78 Å². The predicted octanol–water partition coefficient (Wildman–Crippen LogP) is 6.65. The highest BCUT2D eigenvalue weighted by Gasteiger charge is 2.34. The smallest absolute Gasteiger partial charge is 0.253 e. The van der Waals surface area contributed by atoms with Crippen LogP contribution in [-0.4, -0.2) is 96.4 Å². The van der Waals surface area contributed by atoms with Crippen molar-refractivity contribution in [2.45, 2.75) is 66.0 Å². The van der Waals surface area contributed by atoms with E-state index in [-0.39, 0.29) is 11.5 Å². The van der Waals surface area contributed by atoms with E-state index >= 15 is 0 Å². The third-order valence-corrected chi connectivity index (χ3v) is 7.65. The lowest BCUT2D eigenvalue weighted by Gasteiger charge is -2.48. The average molecular weight is 617 g/mol. The molecule has 1 aromatic carbocycles. The number of nitrogens with zero attached hydrogens (tertiary/aromatic N) is 6. The van der Waals surface area contributed by atoms with Crippen LogP contribution in [0.25, 0.3) is 0 Å². The van der Waals surface area contributed by atoms with E-state index in [0.717, 1.165) is 62.4 Å². The van der Waals surface area contributed by atoms with Crippen LogP contribution in [0.3, 0.4) is 0 Å². The summed E-state index contributed by atoms with van der Waals surface area (Å²) in [5, 5.41) is 0. The first-order chi connectivity index (χ1) is 20.7. The van der Waals surface area contributed by atoms with Crippen LogP contribution in [0.2, 0.25) is 0 Å². The Morgan fingerprint density at radius 3 is 2.23 bits per heavy atom. The number of piperazine rings is 1. The molecule has 0 radical (unpaired) electrons. The number of amides is 1. The van der Waals surface area contributed by atoms with E-state index in [1.807, 2.05) is 27.4 Å². The number of amidine groups is 1. The summed E-state index contributed by atoms with van der Waals surface area (Å²) >= 11 is 0. The fraction of sp³-hybridized carbons (Fsp3) is 0.515. The number of likely N-dealkylation sites (tertiary alicyclic amines) is 1. The Bertz CT molecular complexity index is 1170. The van der Waals surface area contributed by atoms with Crippen molar-refractivity contribution < 1.29 is 13.6 Å². The molecule has 2 aliphatic rings. The number of carbonyl (C=O) groups excluding carboxylic acids is 1. The van der Waals surface area contributed by atoms with Gasteiger partial charge in [-0.25, -0.2) is 18.8 Å². The molecule has 1 aromatic rings. The van der Waals surface area contributed by atoms with E-state index in [2.05, 4.69) is 62.6 Å². The number of halogens is 2. The Hall–Kier alpha value is -3.03. The molecule has 0 saturated carbocycles. The first-order valence-corrected chi connectivity index (χ1v) is 16.1. The maximum absolute atomic E-state index is 13.6. The summed E-state index contributed by atoms with van der Waals surface area (Å²) in [5.74, 6) is -1.58. The van der Waals surface area contributed by atoms with Crippen molar-refractivity contribution in [3.63, 3.8) is 0 Å². The summed E-state index contributed by atoms with van der Waals surface area (Å²) in [5.41, 5.74) is 2.92. The summed E-state index contributed by atoms with van der Waals surface area (Å²) in [7, 11) is 2.42. The van der Waals surface area contributed by atoms with Crippen molar-refractivity contribution in [1.29, 1.82) is 0 Å². The largest absolute Gasteiger partial charge is 0.371 e. The van der Waals surface area contributed by atoms with E-state index < -0.39 is 11.6 Å². The van der Waals surface area contributed by atoms with Gasteiger partial charge in [-0.05, 0) is 71.2 Å². The molecule has 2 heterocycles. The first-order valence-electron chi connectivity index (χ1n) is 15.0. The van der Waals surface area contributed by atoms with Crippen molar-refractivity contribution in [2.24, 2.45) is 15.0 Å². The van der Waals surface area contributed by atoms with Gasteiger partial charge in [0.1, 0.15) is 5.71 Å². The number of allylic oxidation sites excluding steroid dienone is 2. The molecule has 43 heavy (non-hydrogen) atoms. The van der Waals surface area contributed by atoms with Gasteiger partial charge in [0, 0.05) is 68.8 Å². The molecule has 0 bridgehead atoms. The van der Waals surface area contributed by atoms with Crippen molar-refractivity contribution in [1.82, 2.24) is 14.7 Å². The second-order valence-electron chi connectivity index (χ2n) is 9.96. The quantitative estimate of drug-likeness (QED) is 0.142. The molecule has 0 spiro atoms. The van der Waals surface area contributed by atoms with E-state index in [9.17, 15) is 13.6 Å². The highest BCUT2D eigenvalue weighted by atomic mass is 31.0. The average Bonchev–Trinajstić information content (AvgIpc) is 3.05. The van der Waals surface area contributed by atoms with Gasteiger partial charge < -0.3 is 9.80 Å². The number of hydrogen-bond acceptors (Lipinski definition) is 5. The molecule has 7 nitrogen and oxygen atoms in total. The number of carbonyl (C=O) groups is 1. The number of piperidine rings is 1. The zero-order valence-corrected chi connectivity index (χ0v) is 28.1. The summed E-state index contributed by atoms with van der Waals surface area (Å²) in [6.07, 6.45) is 6.17. The van der Waals surface area contributed by atoms with Gasteiger partial charge in [0.15, 0.2) is 17.5 Å². The molecule has 3 rings (SSSR count). The normalized spacial score (nSPS) is 19.2. The standard InChI is InChI=1S/C30H42F2N6O.C2H4.CH5P/c1-7-24-20-37(22(6)21(5)35-28(8-2)29(33-9-3)34-10-4)17-18-38(24)25-13-15-36(16-14-25)30(39)23-11-12-26(31)27(32)19-23;2*1-2/h8-9,11-12,19,24-25H,2,7,10,13-18,20H2,1,3-6H3;1-2H2;2H2,1H3/b22-21+,33-9?,34-29?,35-28?;;. The van der Waals surface area contributed by atoms with Crippen molar-refractivity contribution >= 4 is 32.9 Å². The van der Waals surface area contributed by atoms with Crippen LogP contribution in [0.1, 0.15) is 64.2 Å². The molecular formula is C33H51F2N6OP. The molecule has 0 N–H and O–H groups in total. The Balaban J connectivity index is 0.00000221. The molecule has 2 unspecified atom stereocenters. The van der Waals surface area contributed by atoms with Gasteiger partial charge in [0.05, 0.1) is 5.70 Å². The molecule has 0 aliphatic carbocycles. The van der Waals surface area contributed by atoms with Gasteiger partial charge in [-0.15, -0.1) is 22.4 Å². The maximum atomic E-state index is 13.6. The van der Waals surface area contributed by atoms with Gasteiger partial charge in [0.2, 0.25) is 0 Å². The Kier molecular flexibility index (Phi) is 17.7. The Morgan fingerprint density at radius 2 is 1.70 bits per heavy atom. The van der Waals surface area contributed by atoms with Crippen LogP contribution in [0.5, 0.6) is 0 Å². The van der Waals surface area contributed by atoms with Crippen LogP contribution >= 0.6 is 9.24 Å². The monoisotopic (exact) mass is 616 g/mol. The number of benzene rings is 1. The van der Waals surface area contributed by atoms with Crippen molar-refractivity contribution in [3.8, 4) is 0 Å². The molecule has 10 heteroatoms. The van der Waals surface area contributed by atoms with Crippen LogP contribution in [0, 0.1) is 11.6 Å². The summed E-state index contributed by atoms with van der Waals surface area (Å²) < 4.78 is 26.9. The van der Waals surface area contributed by atoms with Crippen LogP contribution in [0.15, 0.2) is 70.4 Å². The minimum Gasteiger partial charge on any atom is -0.371 e. The van der Waals surface area contributed by atoms with E-state index in [4.69, 9.17) is 4.99 Å². The lowest BCUT2D eigenvalue weighted by atomic mass is 9.97. The van der Waals surface area contributed by atoms with Gasteiger partial charge in [-0.3, -0.25) is 14.7 Å². The minimum atomic E-state index is -0.991. The van der Waals surface area contributed by atoms with Gasteiger partial charge in [-0.2, -0.15) is 0 Å². The SMILES string of the molecule is C=C.C=CC(=N/C(C)=C(\C)N1CCN(C2CCN(C(=O)c3ccc(F)c(F)c3)CC2)C(CC)C1)C(N=CC)=NCC.CP. The molecule has 1 amide bonds. The fourth-order valence-corrected chi connectivity index (χ4v) is 5.37.